The van der Waals surface area contributed by atoms with Crippen LogP contribution in [0.1, 0.15) is 13.8 Å². The standard InChI is InChI=1S/C12H16N2O3S/c1-8(2)9(3)12(13)14-10-4-6-11(7-5-10)18(15,16)17/h4-7,9H,1H2,2-3H3,(H2,13,14)(H,15,16,17). The van der Waals surface area contributed by atoms with E-state index in [0.29, 0.717) is 11.5 Å². The normalized spacial score (nSPS) is 14.3. The number of nitrogens with two attached hydrogens (primary N) is 1. The fourth-order valence-electron chi connectivity index (χ4n) is 1.19. The molecule has 1 aromatic rings. The van der Waals surface area contributed by atoms with E-state index < -0.39 is 10.1 Å². The van der Waals surface area contributed by atoms with Crippen molar-refractivity contribution in [3.05, 3.63) is 36.4 Å². The van der Waals surface area contributed by atoms with Crippen molar-refractivity contribution < 1.29 is 13.0 Å². The molecule has 0 aliphatic rings. The lowest BCUT2D eigenvalue weighted by Crippen LogP contribution is -2.21. The summed E-state index contributed by atoms with van der Waals surface area (Å²) in [5, 5.41) is 0. The maximum Gasteiger partial charge on any atom is 0.294 e. The van der Waals surface area contributed by atoms with E-state index in [1.165, 1.54) is 24.3 Å². The van der Waals surface area contributed by atoms with Crippen LogP contribution in [0.15, 0.2) is 46.3 Å². The van der Waals surface area contributed by atoms with Crippen LogP contribution in [0.25, 0.3) is 0 Å². The second-order valence-corrected chi connectivity index (χ2v) is 5.50. The van der Waals surface area contributed by atoms with Gasteiger partial charge in [-0.25, -0.2) is 4.99 Å². The Labute approximate surface area is 107 Å². The zero-order valence-corrected chi connectivity index (χ0v) is 11.1. The molecule has 0 aliphatic heterocycles. The monoisotopic (exact) mass is 268 g/mol. The summed E-state index contributed by atoms with van der Waals surface area (Å²) >= 11 is 0. The van der Waals surface area contributed by atoms with E-state index in [9.17, 15) is 8.42 Å². The molecule has 1 aromatic carbocycles. The fraction of sp³-hybridized carbons (Fsp3) is 0.250. The summed E-state index contributed by atoms with van der Waals surface area (Å²) in [5.41, 5.74) is 7.21. The molecule has 0 radical (unpaired) electrons. The number of nitrogens with zero attached hydrogens (tertiary/aromatic N) is 1. The second kappa shape index (κ2) is 5.32. The largest absolute Gasteiger partial charge is 0.387 e. The fourth-order valence-corrected chi connectivity index (χ4v) is 1.67. The Morgan fingerprint density at radius 1 is 1.39 bits per heavy atom. The van der Waals surface area contributed by atoms with Crippen molar-refractivity contribution in [2.24, 2.45) is 16.6 Å². The molecule has 1 atom stereocenters. The van der Waals surface area contributed by atoms with Gasteiger partial charge in [-0.3, -0.25) is 4.55 Å². The van der Waals surface area contributed by atoms with Gasteiger partial charge in [0, 0.05) is 5.92 Å². The van der Waals surface area contributed by atoms with Crippen LogP contribution in [0.2, 0.25) is 0 Å². The Morgan fingerprint density at radius 3 is 2.28 bits per heavy atom. The highest BCUT2D eigenvalue weighted by molar-refractivity contribution is 7.85. The first-order chi connectivity index (χ1) is 8.21. The van der Waals surface area contributed by atoms with Gasteiger partial charge in [-0.1, -0.05) is 19.1 Å². The molecular formula is C12H16N2O3S. The third kappa shape index (κ3) is 3.68. The molecule has 5 nitrogen and oxygen atoms in total. The minimum Gasteiger partial charge on any atom is -0.387 e. The molecule has 6 heteroatoms. The molecule has 18 heavy (non-hydrogen) atoms. The van der Waals surface area contributed by atoms with Crippen molar-refractivity contribution in [2.75, 3.05) is 0 Å². The lowest BCUT2D eigenvalue weighted by Gasteiger charge is -2.10. The summed E-state index contributed by atoms with van der Waals surface area (Å²) in [4.78, 5) is 3.99. The molecule has 0 saturated heterocycles. The van der Waals surface area contributed by atoms with Crippen LogP contribution in [0.3, 0.4) is 0 Å². The maximum absolute atomic E-state index is 10.8. The predicted molar refractivity (Wildman–Crippen MR) is 71.5 cm³/mol. The van der Waals surface area contributed by atoms with Crippen LogP contribution in [0.4, 0.5) is 5.69 Å². The molecule has 0 fully saturated rings. The molecule has 3 N–H and O–H groups in total. The van der Waals surface area contributed by atoms with E-state index in [1.54, 1.807) is 0 Å². The lowest BCUT2D eigenvalue weighted by atomic mass is 10.0. The number of hydrogen-bond donors (Lipinski definition) is 2. The van der Waals surface area contributed by atoms with Crippen LogP contribution in [-0.2, 0) is 10.1 Å². The van der Waals surface area contributed by atoms with E-state index in [0.717, 1.165) is 5.57 Å². The van der Waals surface area contributed by atoms with Gasteiger partial charge >= 0.3 is 0 Å². The molecule has 0 aromatic heterocycles. The minimum atomic E-state index is -4.17. The van der Waals surface area contributed by atoms with Gasteiger partial charge in [0.05, 0.1) is 10.6 Å². The summed E-state index contributed by atoms with van der Waals surface area (Å²) < 4.78 is 30.5. The van der Waals surface area contributed by atoms with E-state index in [-0.39, 0.29) is 10.8 Å². The Kier molecular flexibility index (Phi) is 4.26. The quantitative estimate of drug-likeness (QED) is 0.378. The maximum atomic E-state index is 10.8. The molecule has 98 valence electrons. The van der Waals surface area contributed by atoms with Crippen molar-refractivity contribution in [3.63, 3.8) is 0 Å². The third-order valence-corrected chi connectivity index (χ3v) is 3.44. The van der Waals surface area contributed by atoms with E-state index in [4.69, 9.17) is 10.3 Å². The molecule has 1 rings (SSSR count). The van der Waals surface area contributed by atoms with Gasteiger partial charge in [-0.15, -0.1) is 0 Å². The zero-order valence-electron chi connectivity index (χ0n) is 10.3. The van der Waals surface area contributed by atoms with E-state index >= 15 is 0 Å². The summed E-state index contributed by atoms with van der Waals surface area (Å²) in [6.07, 6.45) is 0. The molecule has 0 amide bonds. The Morgan fingerprint density at radius 2 is 1.89 bits per heavy atom. The van der Waals surface area contributed by atoms with Gasteiger partial charge in [-0.05, 0) is 31.2 Å². The number of rotatable bonds is 4. The molecule has 0 heterocycles. The van der Waals surface area contributed by atoms with Gasteiger partial charge in [-0.2, -0.15) is 8.42 Å². The highest BCUT2D eigenvalue weighted by Crippen LogP contribution is 2.18. The van der Waals surface area contributed by atoms with E-state index in [2.05, 4.69) is 11.6 Å². The minimum absolute atomic E-state index is 0.0498. The van der Waals surface area contributed by atoms with Crippen molar-refractivity contribution >= 4 is 21.6 Å². The van der Waals surface area contributed by atoms with Gasteiger partial charge < -0.3 is 5.73 Å². The number of benzene rings is 1. The average molecular weight is 268 g/mol. The Balaban J connectivity index is 3.00. The topological polar surface area (TPSA) is 92.8 Å². The van der Waals surface area contributed by atoms with Crippen LogP contribution in [0, 0.1) is 5.92 Å². The average Bonchev–Trinajstić information content (AvgIpc) is 2.27. The summed E-state index contributed by atoms with van der Waals surface area (Å²) in [7, 11) is -4.17. The molecule has 0 saturated carbocycles. The van der Waals surface area contributed by atoms with Crippen molar-refractivity contribution in [1.82, 2.24) is 0 Å². The second-order valence-electron chi connectivity index (χ2n) is 4.07. The Bertz CT molecular complexity index is 574. The molecule has 1 unspecified atom stereocenters. The molecular weight excluding hydrogens is 252 g/mol. The number of aliphatic imine (C=N–C) groups is 1. The van der Waals surface area contributed by atoms with Crippen molar-refractivity contribution in [2.45, 2.75) is 18.7 Å². The highest BCUT2D eigenvalue weighted by Gasteiger charge is 2.10. The summed E-state index contributed by atoms with van der Waals surface area (Å²) in [6.45, 7) is 7.53. The van der Waals surface area contributed by atoms with Crippen molar-refractivity contribution in [3.8, 4) is 0 Å². The van der Waals surface area contributed by atoms with Crippen LogP contribution in [-0.4, -0.2) is 18.8 Å². The lowest BCUT2D eigenvalue weighted by molar-refractivity contribution is 0.483. The van der Waals surface area contributed by atoms with Crippen LogP contribution >= 0.6 is 0 Å². The summed E-state index contributed by atoms with van der Waals surface area (Å²) in [6, 6.07) is 5.49. The smallest absolute Gasteiger partial charge is 0.294 e. The highest BCUT2D eigenvalue weighted by atomic mass is 32.2. The first-order valence-electron chi connectivity index (χ1n) is 5.29. The van der Waals surface area contributed by atoms with Crippen LogP contribution in [0.5, 0.6) is 0 Å². The van der Waals surface area contributed by atoms with Gasteiger partial charge in [0.1, 0.15) is 5.84 Å². The SMILES string of the molecule is C=C(C)C(C)C(N)=Nc1ccc(S(=O)(=O)O)cc1. The zero-order chi connectivity index (χ0) is 13.9. The third-order valence-electron chi connectivity index (χ3n) is 2.58. The van der Waals surface area contributed by atoms with Crippen molar-refractivity contribution in [1.29, 1.82) is 0 Å². The van der Waals surface area contributed by atoms with Crippen LogP contribution < -0.4 is 5.73 Å². The predicted octanol–water partition coefficient (Wildman–Crippen LogP) is 2.13. The van der Waals surface area contributed by atoms with Gasteiger partial charge in [0.2, 0.25) is 0 Å². The molecule has 0 spiro atoms. The summed E-state index contributed by atoms with van der Waals surface area (Å²) in [5.74, 6) is 0.355. The van der Waals surface area contributed by atoms with E-state index in [1.807, 2.05) is 13.8 Å². The first-order valence-corrected chi connectivity index (χ1v) is 6.73. The molecule has 0 bridgehead atoms. The van der Waals surface area contributed by atoms with Gasteiger partial charge in [0.15, 0.2) is 0 Å². The molecule has 0 aliphatic carbocycles. The number of amidine groups is 1. The Hall–Kier alpha value is -1.66. The first kappa shape index (κ1) is 14.4. The number of hydrogen-bond acceptors (Lipinski definition) is 3. The van der Waals surface area contributed by atoms with Gasteiger partial charge in [0.25, 0.3) is 10.1 Å².